The van der Waals surface area contributed by atoms with Gasteiger partial charge < -0.3 is 20.1 Å². The number of ether oxygens (including phenoxy) is 1. The van der Waals surface area contributed by atoms with Gasteiger partial charge in [-0.25, -0.2) is 9.78 Å². The van der Waals surface area contributed by atoms with Gasteiger partial charge in [0.25, 0.3) is 0 Å². The summed E-state index contributed by atoms with van der Waals surface area (Å²) in [4.78, 5) is 29.8. The fourth-order valence-corrected chi connectivity index (χ4v) is 2.17. The summed E-state index contributed by atoms with van der Waals surface area (Å²) in [6.07, 6.45) is 3.67. The summed E-state index contributed by atoms with van der Waals surface area (Å²) in [6.45, 7) is 2.36. The third-order valence-corrected chi connectivity index (χ3v) is 3.31. The molecule has 7 heteroatoms. The average Bonchev–Trinajstić information content (AvgIpc) is 2.99. The van der Waals surface area contributed by atoms with E-state index < -0.39 is 12.0 Å². The molecule has 19 heavy (non-hydrogen) atoms. The predicted octanol–water partition coefficient (Wildman–Crippen LogP) is -0.0534. The second kappa shape index (κ2) is 5.83. The van der Waals surface area contributed by atoms with Crippen molar-refractivity contribution in [1.29, 1.82) is 0 Å². The Morgan fingerprint density at radius 2 is 2.47 bits per heavy atom. The van der Waals surface area contributed by atoms with Crippen molar-refractivity contribution in [3.63, 3.8) is 0 Å². The van der Waals surface area contributed by atoms with E-state index in [1.165, 1.54) is 6.33 Å². The molecule has 0 radical (unpaired) electrons. The highest BCUT2D eigenvalue weighted by Crippen LogP contribution is 2.20. The van der Waals surface area contributed by atoms with Crippen LogP contribution in [0.1, 0.15) is 19.0 Å². The van der Waals surface area contributed by atoms with Crippen LogP contribution in [0.4, 0.5) is 0 Å². The summed E-state index contributed by atoms with van der Waals surface area (Å²) in [5.74, 6) is -1.60. The van der Waals surface area contributed by atoms with Crippen LogP contribution in [0.2, 0.25) is 0 Å². The maximum atomic E-state index is 12.0. The minimum absolute atomic E-state index is 0.165. The number of aromatic nitrogens is 2. The number of aliphatic carboxylic acids is 1. The van der Waals surface area contributed by atoms with Gasteiger partial charge in [-0.15, -0.1) is 0 Å². The largest absolute Gasteiger partial charge is 0.480 e. The standard InChI is InChI=1S/C12H17N3O4/c1-7-9(2-3-19-7)11(16)15-10(12(17)18)4-8-5-13-6-14-8/h5-7,9-10H,2-4H2,1H3,(H,13,14)(H,15,16)(H,17,18). The van der Waals surface area contributed by atoms with Crippen molar-refractivity contribution >= 4 is 11.9 Å². The van der Waals surface area contributed by atoms with Crippen molar-refractivity contribution in [2.75, 3.05) is 6.61 Å². The quantitative estimate of drug-likeness (QED) is 0.693. The van der Waals surface area contributed by atoms with Crippen LogP contribution in [0.5, 0.6) is 0 Å². The molecule has 3 unspecified atom stereocenters. The number of carbonyl (C=O) groups is 2. The first-order valence-corrected chi connectivity index (χ1v) is 6.20. The van der Waals surface area contributed by atoms with E-state index in [-0.39, 0.29) is 24.3 Å². The molecule has 1 aliphatic rings. The van der Waals surface area contributed by atoms with E-state index >= 15 is 0 Å². The molecular weight excluding hydrogens is 250 g/mol. The van der Waals surface area contributed by atoms with Gasteiger partial charge in [-0.05, 0) is 13.3 Å². The SMILES string of the molecule is CC1OCCC1C(=O)NC(Cc1cnc[nH]1)C(=O)O. The molecule has 1 saturated heterocycles. The molecule has 3 atom stereocenters. The van der Waals surface area contributed by atoms with Crippen LogP contribution in [0.15, 0.2) is 12.5 Å². The highest BCUT2D eigenvalue weighted by atomic mass is 16.5. The third-order valence-electron chi connectivity index (χ3n) is 3.31. The molecule has 1 aliphatic heterocycles. The number of hydrogen-bond donors (Lipinski definition) is 3. The van der Waals surface area contributed by atoms with Crippen LogP contribution in [0.3, 0.4) is 0 Å². The first kappa shape index (κ1) is 13.5. The number of nitrogens with zero attached hydrogens (tertiary/aromatic N) is 1. The average molecular weight is 267 g/mol. The maximum absolute atomic E-state index is 12.0. The van der Waals surface area contributed by atoms with E-state index in [0.717, 1.165) is 0 Å². The third kappa shape index (κ3) is 3.31. The molecule has 0 bridgehead atoms. The van der Waals surface area contributed by atoms with E-state index in [0.29, 0.717) is 18.7 Å². The van der Waals surface area contributed by atoms with Gasteiger partial charge >= 0.3 is 5.97 Å². The van der Waals surface area contributed by atoms with Crippen molar-refractivity contribution in [3.05, 3.63) is 18.2 Å². The van der Waals surface area contributed by atoms with Gasteiger partial charge in [0.1, 0.15) is 6.04 Å². The van der Waals surface area contributed by atoms with Crippen molar-refractivity contribution in [1.82, 2.24) is 15.3 Å². The first-order chi connectivity index (χ1) is 9.08. The Labute approximate surface area is 110 Å². The van der Waals surface area contributed by atoms with Crippen LogP contribution >= 0.6 is 0 Å². The summed E-state index contributed by atoms with van der Waals surface area (Å²) in [5, 5.41) is 11.7. The summed E-state index contributed by atoms with van der Waals surface area (Å²) in [5.41, 5.74) is 0.670. The normalized spacial score (nSPS) is 24.1. The minimum atomic E-state index is -1.06. The maximum Gasteiger partial charge on any atom is 0.326 e. The number of carboxylic acids is 1. The van der Waals surface area contributed by atoms with Crippen LogP contribution < -0.4 is 5.32 Å². The zero-order chi connectivity index (χ0) is 13.8. The molecule has 1 aromatic heterocycles. The lowest BCUT2D eigenvalue weighted by Gasteiger charge is -2.18. The van der Waals surface area contributed by atoms with Gasteiger partial charge in [-0.1, -0.05) is 0 Å². The molecule has 0 aliphatic carbocycles. The molecule has 2 rings (SSSR count). The topological polar surface area (TPSA) is 104 Å². The summed E-state index contributed by atoms with van der Waals surface area (Å²) in [6, 6.07) is -0.958. The van der Waals surface area contributed by atoms with Crippen molar-refractivity contribution in [2.45, 2.75) is 31.9 Å². The molecule has 104 valence electrons. The van der Waals surface area contributed by atoms with E-state index in [4.69, 9.17) is 9.84 Å². The Hall–Kier alpha value is -1.89. The smallest absolute Gasteiger partial charge is 0.326 e. The number of nitrogens with one attached hydrogen (secondary N) is 2. The molecule has 2 heterocycles. The molecule has 0 saturated carbocycles. The number of imidazole rings is 1. The monoisotopic (exact) mass is 267 g/mol. The number of carboxylic acid groups (broad SMARTS) is 1. The molecule has 3 N–H and O–H groups in total. The van der Waals surface area contributed by atoms with Gasteiger partial charge in [0.05, 0.1) is 18.3 Å². The van der Waals surface area contributed by atoms with E-state index in [2.05, 4.69) is 15.3 Å². The Morgan fingerprint density at radius 3 is 3.00 bits per heavy atom. The molecule has 1 fully saturated rings. The van der Waals surface area contributed by atoms with E-state index in [9.17, 15) is 9.59 Å². The fraction of sp³-hybridized carbons (Fsp3) is 0.583. The number of amides is 1. The Balaban J connectivity index is 1.96. The number of rotatable bonds is 5. The highest BCUT2D eigenvalue weighted by Gasteiger charge is 2.33. The predicted molar refractivity (Wildman–Crippen MR) is 65.4 cm³/mol. The van der Waals surface area contributed by atoms with Gasteiger partial charge in [0.15, 0.2) is 0 Å². The number of aromatic amines is 1. The van der Waals surface area contributed by atoms with Crippen molar-refractivity contribution in [3.8, 4) is 0 Å². The summed E-state index contributed by atoms with van der Waals surface area (Å²) >= 11 is 0. The summed E-state index contributed by atoms with van der Waals surface area (Å²) in [7, 11) is 0. The van der Waals surface area contributed by atoms with Crippen LogP contribution in [-0.4, -0.2) is 45.7 Å². The van der Waals surface area contributed by atoms with Gasteiger partial charge in [-0.2, -0.15) is 0 Å². The van der Waals surface area contributed by atoms with Gasteiger partial charge in [0.2, 0.25) is 5.91 Å². The lowest BCUT2D eigenvalue weighted by molar-refractivity contribution is -0.142. The minimum Gasteiger partial charge on any atom is -0.480 e. The second-order valence-corrected chi connectivity index (χ2v) is 4.65. The van der Waals surface area contributed by atoms with Crippen molar-refractivity contribution in [2.24, 2.45) is 5.92 Å². The number of hydrogen-bond acceptors (Lipinski definition) is 4. The van der Waals surface area contributed by atoms with Gasteiger partial charge in [-0.3, -0.25) is 4.79 Å². The fourth-order valence-electron chi connectivity index (χ4n) is 2.17. The number of H-pyrrole nitrogens is 1. The molecule has 0 spiro atoms. The Bertz CT molecular complexity index is 446. The zero-order valence-electron chi connectivity index (χ0n) is 10.6. The van der Waals surface area contributed by atoms with Crippen molar-refractivity contribution < 1.29 is 19.4 Å². The first-order valence-electron chi connectivity index (χ1n) is 6.20. The number of carbonyl (C=O) groups excluding carboxylic acids is 1. The Morgan fingerprint density at radius 1 is 1.68 bits per heavy atom. The molecule has 7 nitrogen and oxygen atoms in total. The second-order valence-electron chi connectivity index (χ2n) is 4.65. The van der Waals surface area contributed by atoms with Gasteiger partial charge in [0, 0.05) is 24.9 Å². The highest BCUT2D eigenvalue weighted by molar-refractivity contribution is 5.85. The molecule has 1 aromatic rings. The van der Waals surface area contributed by atoms with E-state index in [1.807, 2.05) is 6.92 Å². The van der Waals surface area contributed by atoms with E-state index in [1.54, 1.807) is 6.20 Å². The van der Waals surface area contributed by atoms with Crippen LogP contribution in [0.25, 0.3) is 0 Å². The lowest BCUT2D eigenvalue weighted by atomic mass is 10.0. The molecule has 1 amide bonds. The Kier molecular flexibility index (Phi) is 4.16. The van der Waals surface area contributed by atoms with Crippen LogP contribution in [-0.2, 0) is 20.7 Å². The molecule has 0 aromatic carbocycles. The molecular formula is C12H17N3O4. The zero-order valence-corrected chi connectivity index (χ0v) is 10.6. The lowest BCUT2D eigenvalue weighted by Crippen LogP contribution is -2.46. The summed E-state index contributed by atoms with van der Waals surface area (Å²) < 4.78 is 5.31. The van der Waals surface area contributed by atoms with Crippen LogP contribution in [0, 0.1) is 5.92 Å².